The predicted octanol–water partition coefficient (Wildman–Crippen LogP) is 6.41. The zero-order chi connectivity index (χ0) is 41.9. The Kier molecular flexibility index (Phi) is 8.38. The summed E-state index contributed by atoms with van der Waals surface area (Å²) in [4.78, 5) is 56.4. The van der Waals surface area contributed by atoms with E-state index in [0.29, 0.717) is 5.56 Å². The van der Waals surface area contributed by atoms with E-state index in [1.54, 1.807) is 40.7 Å². The molecule has 6 bridgehead atoms. The summed E-state index contributed by atoms with van der Waals surface area (Å²) >= 11 is 0. The molecule has 3 aliphatic carbocycles. The van der Waals surface area contributed by atoms with Crippen molar-refractivity contribution in [2.45, 2.75) is 162 Å². The second kappa shape index (κ2) is 11.8. The highest BCUT2D eigenvalue weighted by molar-refractivity contribution is 5.92. The van der Waals surface area contributed by atoms with Gasteiger partial charge in [-0.2, -0.15) is 0 Å². The lowest BCUT2D eigenvalue weighted by Gasteiger charge is -2.78. The molecule has 1 aromatic heterocycles. The van der Waals surface area contributed by atoms with Gasteiger partial charge in [-0.25, -0.2) is 9.59 Å². The summed E-state index contributed by atoms with van der Waals surface area (Å²) in [6, 6.07) is 1.71. The van der Waals surface area contributed by atoms with E-state index in [4.69, 9.17) is 42.3 Å². The quantitative estimate of drug-likeness (QED) is 0.100. The van der Waals surface area contributed by atoms with Crippen LogP contribution in [0.3, 0.4) is 0 Å². The number of aliphatic hydroxyl groups excluding tert-OH is 1. The highest BCUT2D eigenvalue weighted by Crippen LogP contribution is 2.83. The smallest absolute Gasteiger partial charge is 0.341 e. The van der Waals surface area contributed by atoms with Gasteiger partial charge in [0.05, 0.1) is 31.3 Å². The average Bonchev–Trinajstić information content (AvgIpc) is 3.43. The fourth-order valence-corrected chi connectivity index (χ4v) is 13.2. The molecule has 9 rings (SSSR count). The van der Waals surface area contributed by atoms with Gasteiger partial charge in [-0.1, -0.05) is 55.4 Å². The monoisotopic (exact) mass is 798 g/mol. The molecule has 0 radical (unpaired) electrons. The number of carbonyl (C=O) groups is 4. The molecule has 57 heavy (non-hydrogen) atoms. The van der Waals surface area contributed by atoms with E-state index in [-0.39, 0.29) is 37.0 Å². The van der Waals surface area contributed by atoms with Crippen LogP contribution >= 0.6 is 0 Å². The molecular weight excluding hydrogens is 740 g/mol. The van der Waals surface area contributed by atoms with Crippen molar-refractivity contribution in [2.24, 2.45) is 39.4 Å². The molecule has 5 aliphatic heterocycles. The molecule has 8 fully saturated rings. The van der Waals surface area contributed by atoms with Crippen LogP contribution in [0.4, 0.5) is 0 Å². The number of rotatable bonds is 8. The van der Waals surface area contributed by atoms with E-state index >= 15 is 0 Å². The molecule has 3 saturated carbocycles. The first kappa shape index (κ1) is 40.3. The van der Waals surface area contributed by atoms with E-state index in [1.807, 2.05) is 20.8 Å². The summed E-state index contributed by atoms with van der Waals surface area (Å²) in [7, 11) is 1.35. The van der Waals surface area contributed by atoms with Gasteiger partial charge in [0.15, 0.2) is 5.60 Å². The van der Waals surface area contributed by atoms with E-state index in [0.717, 1.165) is 0 Å². The number of fused-ring (bicyclic) bond motifs is 1. The van der Waals surface area contributed by atoms with Gasteiger partial charge in [-0.3, -0.25) is 9.59 Å². The number of hydrogen-bond acceptors (Lipinski definition) is 14. The second-order valence-electron chi connectivity index (χ2n) is 19.8. The third-order valence-electron chi connectivity index (χ3n) is 16.4. The van der Waals surface area contributed by atoms with Crippen molar-refractivity contribution < 1.29 is 66.6 Å². The van der Waals surface area contributed by atoms with Crippen molar-refractivity contribution in [3.05, 3.63) is 35.5 Å². The molecule has 1 N–H and O–H groups in total. The summed E-state index contributed by atoms with van der Waals surface area (Å²) in [6.45, 7) is 22.1. The molecule has 0 amide bonds. The Balaban J connectivity index is 1.51. The maximum Gasteiger partial charge on any atom is 0.341 e. The summed E-state index contributed by atoms with van der Waals surface area (Å²) in [5.41, 5.74) is -9.86. The molecular formula is C43H58O14. The van der Waals surface area contributed by atoms with Gasteiger partial charge >= 0.3 is 23.9 Å². The number of epoxide rings is 1. The van der Waals surface area contributed by atoms with Crippen LogP contribution in [-0.2, 0) is 57.1 Å². The van der Waals surface area contributed by atoms with Crippen molar-refractivity contribution in [2.75, 3.05) is 7.11 Å². The highest BCUT2D eigenvalue weighted by atomic mass is 16.9. The Hall–Kier alpha value is -3.46. The van der Waals surface area contributed by atoms with Gasteiger partial charge in [0.1, 0.15) is 40.9 Å². The van der Waals surface area contributed by atoms with Crippen molar-refractivity contribution in [3.63, 3.8) is 0 Å². The second-order valence-corrected chi connectivity index (χ2v) is 19.8. The van der Waals surface area contributed by atoms with Crippen LogP contribution in [0.2, 0.25) is 0 Å². The molecule has 2 spiro atoms. The third kappa shape index (κ3) is 4.61. The Morgan fingerprint density at radius 1 is 0.982 bits per heavy atom. The number of ether oxygens (including phenoxy) is 8. The molecule has 13 atom stereocenters. The molecule has 1 aromatic rings. The number of furan rings is 1. The maximum absolute atomic E-state index is 14.9. The zero-order valence-electron chi connectivity index (χ0n) is 35.4. The molecule has 8 aliphatic rings. The van der Waals surface area contributed by atoms with Crippen LogP contribution < -0.4 is 0 Å². The molecule has 0 aromatic carbocycles. The van der Waals surface area contributed by atoms with Crippen LogP contribution in [0, 0.1) is 39.4 Å². The van der Waals surface area contributed by atoms with Crippen LogP contribution in [-0.4, -0.2) is 82.8 Å². The molecule has 14 heteroatoms. The summed E-state index contributed by atoms with van der Waals surface area (Å²) in [5.74, 6) is -6.74. The van der Waals surface area contributed by atoms with E-state index in [2.05, 4.69) is 20.8 Å². The van der Waals surface area contributed by atoms with Gasteiger partial charge in [0.2, 0.25) is 0 Å². The maximum atomic E-state index is 14.9. The first-order valence-electron chi connectivity index (χ1n) is 20.2. The first-order chi connectivity index (χ1) is 26.3. The van der Waals surface area contributed by atoms with Crippen LogP contribution in [0.1, 0.15) is 120 Å². The van der Waals surface area contributed by atoms with E-state index in [9.17, 15) is 24.3 Å². The van der Waals surface area contributed by atoms with E-state index < -0.39 is 116 Å². The Morgan fingerprint density at radius 3 is 2.21 bits per heavy atom. The lowest BCUT2D eigenvalue weighted by molar-refractivity contribution is -0.430. The highest BCUT2D eigenvalue weighted by Gasteiger charge is 2.93. The van der Waals surface area contributed by atoms with Gasteiger partial charge < -0.3 is 47.4 Å². The number of hydrogen-bond donors (Lipinski definition) is 1. The fraction of sp³-hybridized carbons (Fsp3) is 0.767. The van der Waals surface area contributed by atoms with Crippen LogP contribution in [0.5, 0.6) is 0 Å². The Labute approximate surface area is 333 Å². The Bertz CT molecular complexity index is 1950. The molecule has 14 nitrogen and oxygen atoms in total. The first-order valence-corrected chi connectivity index (χ1v) is 20.2. The molecule has 5 saturated heterocycles. The molecule has 6 heterocycles. The van der Waals surface area contributed by atoms with Gasteiger partial charge in [0.25, 0.3) is 5.97 Å². The van der Waals surface area contributed by atoms with Gasteiger partial charge in [-0.05, 0) is 38.7 Å². The van der Waals surface area contributed by atoms with E-state index in [1.165, 1.54) is 26.6 Å². The minimum atomic E-state index is -1.84. The zero-order valence-corrected chi connectivity index (χ0v) is 35.4. The van der Waals surface area contributed by atoms with Gasteiger partial charge in [-0.15, -0.1) is 0 Å². The third-order valence-corrected chi connectivity index (χ3v) is 16.4. The Morgan fingerprint density at radius 2 is 1.65 bits per heavy atom. The number of allylic oxidation sites excluding steroid dienone is 1. The molecule has 0 unspecified atom stereocenters. The average molecular weight is 799 g/mol. The number of carbonyl (C=O) groups excluding carboxylic acids is 4. The topological polar surface area (TPSA) is 179 Å². The van der Waals surface area contributed by atoms with Crippen molar-refractivity contribution >= 4 is 23.9 Å². The van der Waals surface area contributed by atoms with Crippen LogP contribution in [0.25, 0.3) is 0 Å². The van der Waals surface area contributed by atoms with Crippen molar-refractivity contribution in [1.29, 1.82) is 0 Å². The van der Waals surface area contributed by atoms with Crippen LogP contribution in [0.15, 0.2) is 34.3 Å². The van der Waals surface area contributed by atoms with Crippen molar-refractivity contribution in [1.82, 2.24) is 0 Å². The lowest BCUT2D eigenvalue weighted by atomic mass is 9.30. The lowest BCUT2D eigenvalue weighted by Crippen LogP contribution is -2.88. The normalized spacial score (nSPS) is 46.9. The number of esters is 4. The van der Waals surface area contributed by atoms with Gasteiger partial charge in [0, 0.05) is 65.7 Å². The summed E-state index contributed by atoms with van der Waals surface area (Å²) in [5, 5.41) is 12.2. The predicted molar refractivity (Wildman–Crippen MR) is 198 cm³/mol. The minimum Gasteiger partial charge on any atom is -0.511 e. The molecule has 314 valence electrons. The van der Waals surface area contributed by atoms with Crippen molar-refractivity contribution in [3.8, 4) is 0 Å². The minimum absolute atomic E-state index is 0.0289. The summed E-state index contributed by atoms with van der Waals surface area (Å²) in [6.07, 6.45) is -0.229. The SMILES string of the molecule is COC(=O)C[C@H]1C(C)(C)[C@]2(OC(=O)[C@]3(C)O[C@H]3C)C[C@@H]3OC(=O)/C(=C(/O)C(C)C)[C@@H]4[C@](C)([C@H](OC(C)=O)c5ccoc5)CC[C@]56O[C@](C)(O[C@@H]2C(C)(C)[C@@]15C)O[C@@]346. The summed E-state index contributed by atoms with van der Waals surface area (Å²) < 4.78 is 58.8. The number of methoxy groups -OCH3 is 1. The largest absolute Gasteiger partial charge is 0.511 e. The number of aliphatic hydroxyl groups is 1. The fourth-order valence-electron chi connectivity index (χ4n) is 13.2. The standard InChI is InChI=1S/C43H58O14/c1-21(2)29(46)28-30-37(9,31(51-23(4)44)24-14-17-50-20-24)15-16-42-39(11)25(18-27(45)49-13)35(5,6)41(55-34(48)38(10)22(3)53-38)19-26(52-32(28)47)43(30,42)57-40(12,56-42)54-33(41)36(39,7)8/h14,17,20-22,25-26,30-31,33,46H,15-16,18-19H2,1-13H3/b29-28+/t22-,25-,26-,30+,31+,33+,37+,38+,39+,40-,41-,42-,43-/m0/s1.